The molecule has 0 aliphatic carbocycles. The van der Waals surface area contributed by atoms with Crippen LogP contribution in [-0.4, -0.2) is 29.5 Å². The fraction of sp³-hybridized carbons (Fsp3) is 0. The third-order valence-electron chi connectivity index (χ3n) is 11.3. The van der Waals surface area contributed by atoms with E-state index in [-0.39, 0.29) is 0 Å². The molecule has 0 saturated carbocycles. The van der Waals surface area contributed by atoms with Crippen molar-refractivity contribution in [2.45, 2.75) is 0 Å². The van der Waals surface area contributed by atoms with Gasteiger partial charge < -0.3 is 4.57 Å². The van der Waals surface area contributed by atoms with Gasteiger partial charge in [0.2, 0.25) is 0 Å². The lowest BCUT2D eigenvalue weighted by molar-refractivity contribution is 1.16. The van der Waals surface area contributed by atoms with Gasteiger partial charge in [-0.25, -0.2) is 24.9 Å². The molecule has 0 atom stereocenters. The molecule has 0 bridgehead atoms. The fourth-order valence-corrected chi connectivity index (χ4v) is 9.49. The topological polar surface area (TPSA) is 69.4 Å². The number of para-hydroxylation sites is 2. The normalized spacial score (nSPS) is 11.7. The van der Waals surface area contributed by atoms with Crippen molar-refractivity contribution in [1.29, 1.82) is 0 Å². The first-order valence-electron chi connectivity index (χ1n) is 19.9. The molecule has 5 heterocycles. The minimum atomic E-state index is 0.671. The van der Waals surface area contributed by atoms with Gasteiger partial charge in [0.15, 0.2) is 11.6 Å². The van der Waals surface area contributed by atoms with E-state index in [1.807, 2.05) is 30.5 Å². The largest absolute Gasteiger partial charge is 0.309 e. The van der Waals surface area contributed by atoms with Crippen molar-refractivity contribution < 1.29 is 0 Å². The summed E-state index contributed by atoms with van der Waals surface area (Å²) in [6.45, 7) is 0. The predicted octanol–water partition coefficient (Wildman–Crippen LogP) is 13.6. The summed E-state index contributed by atoms with van der Waals surface area (Å²) in [7, 11) is 0. The van der Waals surface area contributed by atoms with Crippen molar-refractivity contribution in [2.75, 3.05) is 0 Å². The van der Waals surface area contributed by atoms with E-state index in [9.17, 15) is 0 Å². The second kappa shape index (κ2) is 13.9. The highest BCUT2D eigenvalue weighted by Gasteiger charge is 2.19. The van der Waals surface area contributed by atoms with Crippen molar-refractivity contribution in [2.24, 2.45) is 0 Å². The van der Waals surface area contributed by atoms with Crippen molar-refractivity contribution in [1.82, 2.24) is 29.5 Å². The second-order valence-corrected chi connectivity index (χ2v) is 15.9. The maximum atomic E-state index is 5.26. The summed E-state index contributed by atoms with van der Waals surface area (Å²) in [5.74, 6) is 1.36. The first kappa shape index (κ1) is 34.2. The summed E-state index contributed by atoms with van der Waals surface area (Å²) in [4.78, 5) is 26.4. The summed E-state index contributed by atoms with van der Waals surface area (Å²) < 4.78 is 3.36. The Bertz CT molecular complexity index is 3560. The van der Waals surface area contributed by atoms with Gasteiger partial charge >= 0.3 is 0 Å². The van der Waals surface area contributed by atoms with Crippen molar-refractivity contribution >= 4 is 64.3 Å². The Kier molecular flexibility index (Phi) is 7.92. The predicted molar refractivity (Wildman–Crippen MR) is 247 cm³/mol. The van der Waals surface area contributed by atoms with Crippen LogP contribution in [0.4, 0.5) is 0 Å². The van der Waals surface area contributed by atoms with Gasteiger partial charge in [-0.2, -0.15) is 0 Å². The van der Waals surface area contributed by atoms with E-state index < -0.39 is 0 Å². The molecule has 0 saturated heterocycles. The summed E-state index contributed by atoms with van der Waals surface area (Å²) >= 11 is 1.63. The zero-order valence-corrected chi connectivity index (χ0v) is 32.9. The number of thiophene rings is 1. The molecule has 0 spiro atoms. The van der Waals surface area contributed by atoms with Crippen molar-refractivity contribution in [3.05, 3.63) is 194 Å². The molecule has 5 aromatic heterocycles. The van der Waals surface area contributed by atoms with Gasteiger partial charge in [0.1, 0.15) is 4.83 Å². The minimum Gasteiger partial charge on any atom is -0.309 e. The van der Waals surface area contributed by atoms with E-state index in [0.717, 1.165) is 76.4 Å². The third kappa shape index (κ3) is 5.74. The molecule has 7 aromatic carbocycles. The highest BCUT2D eigenvalue weighted by molar-refractivity contribution is 7.25. The number of aromatic nitrogens is 6. The molecule has 0 amide bonds. The highest BCUT2D eigenvalue weighted by Crippen LogP contribution is 2.40. The lowest BCUT2D eigenvalue weighted by Gasteiger charge is -2.12. The second-order valence-electron chi connectivity index (χ2n) is 14.9. The van der Waals surface area contributed by atoms with Gasteiger partial charge in [0.25, 0.3) is 0 Å². The van der Waals surface area contributed by atoms with Gasteiger partial charge in [-0.3, -0.25) is 0 Å². The van der Waals surface area contributed by atoms with E-state index in [1.54, 1.807) is 11.3 Å². The lowest BCUT2D eigenvalue weighted by atomic mass is 10.0. The maximum absolute atomic E-state index is 5.26. The van der Waals surface area contributed by atoms with Gasteiger partial charge in [0.05, 0.1) is 38.3 Å². The Morgan fingerprint density at radius 1 is 0.400 bits per heavy atom. The van der Waals surface area contributed by atoms with Crippen LogP contribution in [0.5, 0.6) is 0 Å². The molecule has 12 rings (SSSR count). The minimum absolute atomic E-state index is 0.671. The number of pyridine rings is 1. The van der Waals surface area contributed by atoms with E-state index in [0.29, 0.717) is 11.6 Å². The highest BCUT2D eigenvalue weighted by atomic mass is 32.1. The summed E-state index contributed by atoms with van der Waals surface area (Å²) in [6, 6.07) is 65.6. The van der Waals surface area contributed by atoms with E-state index in [2.05, 4.69) is 168 Å². The molecule has 6 nitrogen and oxygen atoms in total. The number of benzene rings is 7. The van der Waals surface area contributed by atoms with Crippen LogP contribution < -0.4 is 0 Å². The number of fused-ring (bicyclic) bond motifs is 7. The first-order valence-corrected chi connectivity index (χ1v) is 20.7. The molecule has 0 aliphatic rings. The molecule has 0 fully saturated rings. The van der Waals surface area contributed by atoms with Crippen LogP contribution >= 0.6 is 11.3 Å². The van der Waals surface area contributed by atoms with Gasteiger partial charge in [0, 0.05) is 55.9 Å². The maximum Gasteiger partial charge on any atom is 0.160 e. The van der Waals surface area contributed by atoms with Crippen LogP contribution in [0.1, 0.15) is 0 Å². The van der Waals surface area contributed by atoms with E-state index >= 15 is 0 Å². The Labute approximate surface area is 348 Å². The van der Waals surface area contributed by atoms with Gasteiger partial charge in [-0.1, -0.05) is 140 Å². The molecule has 0 N–H and O–H groups in total. The van der Waals surface area contributed by atoms with E-state index in [4.69, 9.17) is 24.9 Å². The quantitative estimate of drug-likeness (QED) is 0.168. The standard InChI is InChI=1S/C53H32N6S/c1-2-13-36(14-3-1)51-55-44(32-45(56-51)38-16-10-17-40(31-38)59-46-21-8-6-18-41(46)42-19-7-9-22-47(42)59)34-24-26-35(27-25-34)48-50-49(43-20-11-29-54-53(43)60-50)58-52(57-48)39-28-23-33-12-4-5-15-37(33)30-39/h1-32H. The molecular formula is C53H32N6S. The Morgan fingerprint density at radius 2 is 1.03 bits per heavy atom. The molecule has 0 radical (unpaired) electrons. The Morgan fingerprint density at radius 3 is 1.83 bits per heavy atom. The molecule has 0 unspecified atom stereocenters. The number of nitrogens with zero attached hydrogens (tertiary/aromatic N) is 6. The average Bonchev–Trinajstić information content (AvgIpc) is 3.87. The molecule has 60 heavy (non-hydrogen) atoms. The van der Waals surface area contributed by atoms with Crippen molar-refractivity contribution in [3.63, 3.8) is 0 Å². The van der Waals surface area contributed by atoms with Crippen molar-refractivity contribution in [3.8, 4) is 62.2 Å². The smallest absolute Gasteiger partial charge is 0.160 e. The summed E-state index contributed by atoms with van der Waals surface area (Å²) in [6.07, 6.45) is 1.84. The van der Waals surface area contributed by atoms with Crippen LogP contribution in [0.25, 0.3) is 115 Å². The SMILES string of the molecule is c1ccc(-c2nc(-c3ccc(-c4nc(-c5ccc6ccccc6c5)nc5c4sc4ncccc45)cc3)cc(-c3cccc(-n4c5ccccc5c5ccccc54)c3)n2)cc1. The average molecular weight is 785 g/mol. The zero-order chi connectivity index (χ0) is 39.6. The first-order chi connectivity index (χ1) is 29.7. The van der Waals surface area contributed by atoms with Crippen LogP contribution in [0.15, 0.2) is 194 Å². The molecule has 12 aromatic rings. The zero-order valence-electron chi connectivity index (χ0n) is 32.1. The summed E-state index contributed by atoms with van der Waals surface area (Å²) in [5, 5.41) is 5.83. The number of hydrogen-bond donors (Lipinski definition) is 0. The van der Waals surface area contributed by atoms with Gasteiger partial charge in [-0.15, -0.1) is 11.3 Å². The number of rotatable bonds is 6. The molecule has 0 aliphatic heterocycles. The molecule has 7 heteroatoms. The molecular weight excluding hydrogens is 753 g/mol. The fourth-order valence-electron chi connectivity index (χ4n) is 8.40. The third-order valence-corrected chi connectivity index (χ3v) is 12.4. The summed E-state index contributed by atoms with van der Waals surface area (Å²) in [5.41, 5.74) is 11.8. The van der Waals surface area contributed by atoms with Crippen LogP contribution in [-0.2, 0) is 0 Å². The van der Waals surface area contributed by atoms with E-state index in [1.165, 1.54) is 27.2 Å². The Hall–Kier alpha value is -7.87. The number of hydrogen-bond acceptors (Lipinski definition) is 6. The lowest BCUT2D eigenvalue weighted by Crippen LogP contribution is -1.98. The Balaban J connectivity index is 0.985. The van der Waals surface area contributed by atoms with Gasteiger partial charge in [-0.05, 0) is 59.3 Å². The van der Waals surface area contributed by atoms with Crippen LogP contribution in [0.2, 0.25) is 0 Å². The molecule has 280 valence electrons. The van der Waals surface area contributed by atoms with Crippen LogP contribution in [0, 0.1) is 0 Å². The monoisotopic (exact) mass is 784 g/mol. The van der Waals surface area contributed by atoms with Crippen LogP contribution in [0.3, 0.4) is 0 Å².